The summed E-state index contributed by atoms with van der Waals surface area (Å²) in [6.45, 7) is 1.76. The summed E-state index contributed by atoms with van der Waals surface area (Å²) in [4.78, 5) is 4.16. The summed E-state index contributed by atoms with van der Waals surface area (Å²) >= 11 is 3.36. The molecule has 0 bridgehead atoms. The highest BCUT2D eigenvalue weighted by molar-refractivity contribution is 8.00. The van der Waals surface area contributed by atoms with Gasteiger partial charge in [-0.2, -0.15) is 5.26 Å². The number of rotatable bonds is 5. The first-order chi connectivity index (χ1) is 6.64. The number of nitrogens with zero attached hydrogens (tertiary/aromatic N) is 2. The molecule has 1 unspecified atom stereocenters. The van der Waals surface area contributed by atoms with Crippen LogP contribution in [0.25, 0.3) is 0 Å². The van der Waals surface area contributed by atoms with E-state index >= 15 is 0 Å². The largest absolute Gasteiger partial charge is 0.314 e. The highest BCUT2D eigenvalue weighted by atomic mass is 32.2. The molecule has 1 heterocycles. The van der Waals surface area contributed by atoms with Crippen LogP contribution < -0.4 is 5.73 Å². The summed E-state index contributed by atoms with van der Waals surface area (Å²) < 4.78 is 1.08. The van der Waals surface area contributed by atoms with Gasteiger partial charge in [0.15, 0.2) is 0 Å². The summed E-state index contributed by atoms with van der Waals surface area (Å²) in [5.41, 5.74) is 5.01. The van der Waals surface area contributed by atoms with Gasteiger partial charge in [-0.3, -0.25) is 0 Å². The number of hydrogen-bond donors (Lipinski definition) is 1. The molecule has 1 rings (SSSR count). The molecule has 0 saturated heterocycles. The number of hydrogen-bond acceptors (Lipinski definition) is 5. The Morgan fingerprint density at radius 1 is 1.79 bits per heavy atom. The summed E-state index contributed by atoms with van der Waals surface area (Å²) in [5.74, 6) is 0.974. The average molecular weight is 227 g/mol. The van der Waals surface area contributed by atoms with E-state index in [2.05, 4.69) is 11.1 Å². The molecule has 0 fully saturated rings. The molecule has 0 amide bonds. The summed E-state index contributed by atoms with van der Waals surface area (Å²) in [6.07, 6.45) is 3.49. The molecule has 0 aliphatic heterocycles. The topological polar surface area (TPSA) is 62.7 Å². The van der Waals surface area contributed by atoms with Gasteiger partial charge in [0, 0.05) is 17.3 Å². The van der Waals surface area contributed by atoms with Crippen LogP contribution in [0, 0.1) is 11.3 Å². The van der Waals surface area contributed by atoms with E-state index < -0.39 is 5.54 Å². The van der Waals surface area contributed by atoms with Gasteiger partial charge in [0.25, 0.3) is 0 Å². The molecular formula is C9H13N3S2. The minimum absolute atomic E-state index is 0.677. The van der Waals surface area contributed by atoms with Crippen LogP contribution in [0.3, 0.4) is 0 Å². The number of nitrogens with two attached hydrogens (primary N) is 1. The van der Waals surface area contributed by atoms with E-state index in [1.54, 1.807) is 36.2 Å². The fourth-order valence-corrected chi connectivity index (χ4v) is 2.58. The monoisotopic (exact) mass is 227 g/mol. The van der Waals surface area contributed by atoms with Crippen molar-refractivity contribution in [1.82, 2.24) is 4.98 Å². The van der Waals surface area contributed by atoms with Gasteiger partial charge >= 0.3 is 0 Å². The van der Waals surface area contributed by atoms with Crippen LogP contribution in [0.1, 0.15) is 19.8 Å². The third-order valence-electron chi connectivity index (χ3n) is 1.73. The summed E-state index contributed by atoms with van der Waals surface area (Å²) in [7, 11) is 0. The zero-order valence-corrected chi connectivity index (χ0v) is 9.70. The maximum Gasteiger partial charge on any atom is 0.149 e. The Balaban J connectivity index is 2.15. The molecule has 0 aliphatic carbocycles. The van der Waals surface area contributed by atoms with Gasteiger partial charge in [0.05, 0.1) is 6.07 Å². The maximum absolute atomic E-state index is 8.69. The normalized spacial score (nSPS) is 14.6. The van der Waals surface area contributed by atoms with Crippen molar-refractivity contribution < 1.29 is 0 Å². The van der Waals surface area contributed by atoms with Crippen LogP contribution in [0.4, 0.5) is 0 Å². The van der Waals surface area contributed by atoms with Gasteiger partial charge in [-0.05, 0) is 19.8 Å². The molecule has 0 aliphatic rings. The Morgan fingerprint density at radius 2 is 2.57 bits per heavy atom. The van der Waals surface area contributed by atoms with E-state index in [1.165, 1.54) is 0 Å². The van der Waals surface area contributed by atoms with Crippen molar-refractivity contribution in [3.8, 4) is 6.07 Å². The molecular weight excluding hydrogens is 214 g/mol. The molecule has 3 nitrogen and oxygen atoms in total. The van der Waals surface area contributed by atoms with Crippen molar-refractivity contribution in [2.24, 2.45) is 5.73 Å². The van der Waals surface area contributed by atoms with Crippen LogP contribution in [0.5, 0.6) is 0 Å². The lowest BCUT2D eigenvalue weighted by Gasteiger charge is -2.13. The van der Waals surface area contributed by atoms with Crippen molar-refractivity contribution >= 4 is 23.1 Å². The van der Waals surface area contributed by atoms with E-state index in [9.17, 15) is 0 Å². The fraction of sp³-hybridized carbons (Fsp3) is 0.556. The quantitative estimate of drug-likeness (QED) is 0.619. The molecule has 1 aromatic rings. The van der Waals surface area contributed by atoms with Crippen molar-refractivity contribution in [2.45, 2.75) is 29.6 Å². The number of thiazole rings is 1. The minimum Gasteiger partial charge on any atom is -0.314 e. The van der Waals surface area contributed by atoms with Gasteiger partial charge < -0.3 is 5.73 Å². The molecule has 5 heteroatoms. The molecule has 14 heavy (non-hydrogen) atoms. The molecule has 0 radical (unpaired) electrons. The summed E-state index contributed by atoms with van der Waals surface area (Å²) in [5, 5.41) is 10.6. The van der Waals surface area contributed by atoms with Crippen LogP contribution >= 0.6 is 23.1 Å². The maximum atomic E-state index is 8.69. The van der Waals surface area contributed by atoms with Gasteiger partial charge in [-0.1, -0.05) is 11.8 Å². The molecule has 0 saturated carbocycles. The first-order valence-corrected chi connectivity index (χ1v) is 6.23. The third kappa shape index (κ3) is 4.09. The molecule has 1 atom stereocenters. The smallest absolute Gasteiger partial charge is 0.149 e. The second-order valence-corrected chi connectivity index (χ2v) is 5.52. The SMILES string of the molecule is CC(N)(C#N)CCCSc1nccs1. The number of thioether (sulfide) groups is 1. The van der Waals surface area contributed by atoms with E-state index in [4.69, 9.17) is 11.0 Å². The van der Waals surface area contributed by atoms with Gasteiger partial charge in [0.1, 0.15) is 9.88 Å². The zero-order chi connectivity index (χ0) is 10.4. The average Bonchev–Trinajstić information content (AvgIpc) is 2.65. The first-order valence-electron chi connectivity index (χ1n) is 4.36. The lowest BCUT2D eigenvalue weighted by Crippen LogP contribution is -2.33. The van der Waals surface area contributed by atoms with Gasteiger partial charge in [0.2, 0.25) is 0 Å². The minimum atomic E-state index is -0.677. The van der Waals surface area contributed by atoms with Gasteiger partial charge in [-0.15, -0.1) is 11.3 Å². The van der Waals surface area contributed by atoms with Crippen LogP contribution in [0.2, 0.25) is 0 Å². The Labute approximate surface area is 92.3 Å². The number of aromatic nitrogens is 1. The standard InChI is InChI=1S/C9H13N3S2/c1-9(11,7-10)3-2-5-13-8-12-4-6-14-8/h4,6H,2-3,5,11H2,1H3. The lowest BCUT2D eigenvalue weighted by molar-refractivity contribution is 0.540. The Morgan fingerprint density at radius 3 is 3.14 bits per heavy atom. The molecule has 0 aromatic carbocycles. The molecule has 1 aromatic heterocycles. The van der Waals surface area contributed by atoms with Crippen LogP contribution in [-0.2, 0) is 0 Å². The predicted octanol–water partition coefficient (Wildman–Crippen LogP) is 2.26. The molecule has 0 spiro atoms. The van der Waals surface area contributed by atoms with Crippen molar-refractivity contribution in [3.05, 3.63) is 11.6 Å². The molecule has 76 valence electrons. The Bertz CT molecular complexity index is 300. The van der Waals surface area contributed by atoms with Crippen molar-refractivity contribution in [3.63, 3.8) is 0 Å². The van der Waals surface area contributed by atoms with Crippen LogP contribution in [0.15, 0.2) is 15.9 Å². The lowest BCUT2D eigenvalue weighted by atomic mass is 10.0. The van der Waals surface area contributed by atoms with E-state index in [-0.39, 0.29) is 0 Å². The van der Waals surface area contributed by atoms with Crippen molar-refractivity contribution in [1.29, 1.82) is 5.26 Å². The van der Waals surface area contributed by atoms with Crippen LogP contribution in [-0.4, -0.2) is 16.3 Å². The molecule has 2 N–H and O–H groups in total. The van der Waals surface area contributed by atoms with E-state index in [0.29, 0.717) is 0 Å². The first kappa shape index (κ1) is 11.5. The second-order valence-electron chi connectivity index (χ2n) is 3.28. The highest BCUT2D eigenvalue weighted by Crippen LogP contribution is 2.22. The van der Waals surface area contributed by atoms with Gasteiger partial charge in [-0.25, -0.2) is 4.98 Å². The Kier molecular flexibility index (Phi) is 4.39. The second kappa shape index (κ2) is 5.35. The summed E-state index contributed by atoms with van der Waals surface area (Å²) in [6, 6.07) is 2.09. The highest BCUT2D eigenvalue weighted by Gasteiger charge is 2.15. The van der Waals surface area contributed by atoms with E-state index in [0.717, 1.165) is 22.9 Å². The zero-order valence-electron chi connectivity index (χ0n) is 8.06. The number of nitriles is 1. The fourth-order valence-electron chi connectivity index (χ4n) is 0.936. The third-order valence-corrected chi connectivity index (χ3v) is 3.78. The van der Waals surface area contributed by atoms with Crippen molar-refractivity contribution in [2.75, 3.05) is 5.75 Å². The predicted molar refractivity (Wildman–Crippen MR) is 60.3 cm³/mol. The Hall–Kier alpha value is -0.570. The van der Waals surface area contributed by atoms with E-state index in [1.807, 2.05) is 5.38 Å².